The lowest BCUT2D eigenvalue weighted by Crippen LogP contribution is -2.54. The van der Waals surface area contributed by atoms with Gasteiger partial charge in [-0.2, -0.15) is 0 Å². The predicted molar refractivity (Wildman–Crippen MR) is 82.4 cm³/mol. The molecular weight excluding hydrogens is 284 g/mol. The highest BCUT2D eigenvalue weighted by Gasteiger charge is 2.39. The standard InChI is InChI=1S/C16H20N2O4/c17-11-5-4-10-16(18,15(21)22)14(20)9-8-13(19)12-6-2-1-3-7-12/h1-3,6-9H,4-5,10-11,17-18H2,(H,21,22)/b9-8+/t16-/m0/s1. The number of carbonyl (C=O) groups is 3. The maximum Gasteiger partial charge on any atom is 0.331 e. The van der Waals surface area contributed by atoms with Crippen LogP contribution in [0.3, 0.4) is 0 Å². The van der Waals surface area contributed by atoms with Crippen LogP contribution in [0.4, 0.5) is 0 Å². The van der Waals surface area contributed by atoms with E-state index >= 15 is 0 Å². The van der Waals surface area contributed by atoms with Gasteiger partial charge in [0, 0.05) is 5.56 Å². The van der Waals surface area contributed by atoms with Gasteiger partial charge in [-0.15, -0.1) is 0 Å². The first-order valence-corrected chi connectivity index (χ1v) is 6.96. The van der Waals surface area contributed by atoms with Crippen molar-refractivity contribution in [2.45, 2.75) is 24.8 Å². The molecule has 0 spiro atoms. The van der Waals surface area contributed by atoms with E-state index in [0.29, 0.717) is 24.9 Å². The zero-order chi connectivity index (χ0) is 16.6. The third-order valence-electron chi connectivity index (χ3n) is 3.29. The van der Waals surface area contributed by atoms with Gasteiger partial charge >= 0.3 is 5.97 Å². The molecule has 0 unspecified atom stereocenters. The number of hydrogen-bond acceptors (Lipinski definition) is 5. The number of rotatable bonds is 9. The molecule has 0 aliphatic carbocycles. The SMILES string of the molecule is NCCCC[C@@](N)(C(=O)O)C(=O)/C=C/C(=O)c1ccccc1. The second kappa shape index (κ2) is 8.21. The van der Waals surface area contributed by atoms with Crippen LogP contribution in [0.2, 0.25) is 0 Å². The maximum atomic E-state index is 12.1. The zero-order valence-electron chi connectivity index (χ0n) is 12.2. The molecule has 6 heteroatoms. The molecule has 1 aromatic carbocycles. The van der Waals surface area contributed by atoms with Gasteiger partial charge in [0.2, 0.25) is 0 Å². The van der Waals surface area contributed by atoms with Crippen LogP contribution in [-0.2, 0) is 9.59 Å². The van der Waals surface area contributed by atoms with Crippen molar-refractivity contribution < 1.29 is 19.5 Å². The Labute approximate surface area is 128 Å². The van der Waals surface area contributed by atoms with Gasteiger partial charge in [-0.3, -0.25) is 9.59 Å². The smallest absolute Gasteiger partial charge is 0.331 e. The number of hydrogen-bond donors (Lipinski definition) is 3. The largest absolute Gasteiger partial charge is 0.480 e. The summed E-state index contributed by atoms with van der Waals surface area (Å²) >= 11 is 0. The Bertz CT molecular complexity index is 569. The summed E-state index contributed by atoms with van der Waals surface area (Å²) in [5, 5.41) is 9.19. The maximum absolute atomic E-state index is 12.1. The number of allylic oxidation sites excluding steroid dienone is 1. The van der Waals surface area contributed by atoms with E-state index in [9.17, 15) is 19.5 Å². The number of carboxylic acids is 1. The summed E-state index contributed by atoms with van der Waals surface area (Å²) in [6.07, 6.45) is 2.96. The molecule has 1 aromatic rings. The highest BCUT2D eigenvalue weighted by Crippen LogP contribution is 2.14. The second-order valence-electron chi connectivity index (χ2n) is 4.95. The summed E-state index contributed by atoms with van der Waals surface area (Å²) in [5.74, 6) is -2.60. The first-order chi connectivity index (χ1) is 10.4. The number of benzene rings is 1. The molecular formula is C16H20N2O4. The molecule has 0 aliphatic rings. The first kappa shape index (κ1) is 17.7. The quantitative estimate of drug-likeness (QED) is 0.269. The monoisotopic (exact) mass is 304 g/mol. The topological polar surface area (TPSA) is 123 Å². The fourth-order valence-electron chi connectivity index (χ4n) is 1.88. The minimum absolute atomic E-state index is 0.0256. The summed E-state index contributed by atoms with van der Waals surface area (Å²) in [4.78, 5) is 35.2. The van der Waals surface area contributed by atoms with E-state index in [1.54, 1.807) is 30.3 Å². The lowest BCUT2D eigenvalue weighted by Gasteiger charge is -2.21. The van der Waals surface area contributed by atoms with Crippen LogP contribution in [-0.4, -0.2) is 34.7 Å². The summed E-state index contributed by atoms with van der Waals surface area (Å²) in [7, 11) is 0. The summed E-state index contributed by atoms with van der Waals surface area (Å²) in [6.45, 7) is 0.395. The highest BCUT2D eigenvalue weighted by atomic mass is 16.4. The predicted octanol–water partition coefficient (Wildman–Crippen LogP) is 0.906. The van der Waals surface area contributed by atoms with Crippen LogP contribution in [0, 0.1) is 0 Å². The number of aliphatic carboxylic acids is 1. The Morgan fingerprint density at radius 2 is 1.73 bits per heavy atom. The van der Waals surface area contributed by atoms with Crippen molar-refractivity contribution >= 4 is 17.5 Å². The van der Waals surface area contributed by atoms with Crippen LogP contribution < -0.4 is 11.5 Å². The molecule has 0 bridgehead atoms. The van der Waals surface area contributed by atoms with Gasteiger partial charge in [-0.05, 0) is 38.0 Å². The molecule has 5 N–H and O–H groups in total. The van der Waals surface area contributed by atoms with Crippen molar-refractivity contribution in [3.8, 4) is 0 Å². The molecule has 0 saturated heterocycles. The summed E-state index contributed by atoms with van der Waals surface area (Å²) in [6, 6.07) is 8.36. The van der Waals surface area contributed by atoms with Gasteiger partial charge in [-0.25, -0.2) is 4.79 Å². The van der Waals surface area contributed by atoms with E-state index in [-0.39, 0.29) is 12.2 Å². The molecule has 0 radical (unpaired) electrons. The van der Waals surface area contributed by atoms with Gasteiger partial charge in [-0.1, -0.05) is 30.3 Å². The molecule has 1 rings (SSSR count). The van der Waals surface area contributed by atoms with Gasteiger partial charge in [0.15, 0.2) is 17.1 Å². The summed E-state index contributed by atoms with van der Waals surface area (Å²) < 4.78 is 0. The van der Waals surface area contributed by atoms with Gasteiger partial charge < -0.3 is 16.6 Å². The van der Waals surface area contributed by atoms with Crippen molar-refractivity contribution in [3.05, 3.63) is 48.0 Å². The van der Waals surface area contributed by atoms with E-state index in [1.165, 1.54) is 0 Å². The van der Waals surface area contributed by atoms with Crippen LogP contribution in [0.15, 0.2) is 42.5 Å². The molecule has 6 nitrogen and oxygen atoms in total. The number of ketones is 2. The average Bonchev–Trinajstić information content (AvgIpc) is 2.52. The van der Waals surface area contributed by atoms with E-state index in [1.807, 2.05) is 0 Å². The van der Waals surface area contributed by atoms with Gasteiger partial charge in [0.05, 0.1) is 0 Å². The first-order valence-electron chi connectivity index (χ1n) is 6.96. The van der Waals surface area contributed by atoms with Crippen LogP contribution in [0.25, 0.3) is 0 Å². The molecule has 0 fully saturated rings. The molecule has 0 amide bonds. The minimum Gasteiger partial charge on any atom is -0.480 e. The molecule has 0 aromatic heterocycles. The second-order valence-corrected chi connectivity index (χ2v) is 4.95. The zero-order valence-corrected chi connectivity index (χ0v) is 12.2. The van der Waals surface area contributed by atoms with E-state index in [4.69, 9.17) is 11.5 Å². The molecule has 1 atom stereocenters. The van der Waals surface area contributed by atoms with Crippen LogP contribution in [0.1, 0.15) is 29.6 Å². The lowest BCUT2D eigenvalue weighted by molar-refractivity contribution is -0.147. The lowest BCUT2D eigenvalue weighted by atomic mass is 9.88. The van der Waals surface area contributed by atoms with Crippen LogP contribution >= 0.6 is 0 Å². The van der Waals surface area contributed by atoms with E-state index < -0.39 is 17.3 Å². The summed E-state index contributed by atoms with van der Waals surface area (Å²) in [5.41, 5.74) is 9.42. The fraction of sp³-hybridized carbons (Fsp3) is 0.312. The minimum atomic E-state index is -2.03. The van der Waals surface area contributed by atoms with Crippen molar-refractivity contribution in [2.24, 2.45) is 11.5 Å². The number of nitrogens with two attached hydrogens (primary N) is 2. The Morgan fingerprint density at radius 1 is 1.09 bits per heavy atom. The third kappa shape index (κ3) is 4.61. The molecule has 0 saturated carbocycles. The van der Waals surface area contributed by atoms with E-state index in [0.717, 1.165) is 12.2 Å². The Kier molecular flexibility index (Phi) is 6.62. The Hall–Kier alpha value is -2.31. The van der Waals surface area contributed by atoms with Gasteiger partial charge in [0.25, 0.3) is 0 Å². The third-order valence-corrected chi connectivity index (χ3v) is 3.29. The highest BCUT2D eigenvalue weighted by molar-refractivity contribution is 6.16. The molecule has 118 valence electrons. The van der Waals surface area contributed by atoms with Crippen LogP contribution in [0.5, 0.6) is 0 Å². The van der Waals surface area contributed by atoms with Crippen molar-refractivity contribution in [1.82, 2.24) is 0 Å². The average molecular weight is 304 g/mol. The Balaban J connectivity index is 2.80. The van der Waals surface area contributed by atoms with Crippen molar-refractivity contribution in [2.75, 3.05) is 6.54 Å². The molecule has 22 heavy (non-hydrogen) atoms. The van der Waals surface area contributed by atoms with Crippen molar-refractivity contribution in [1.29, 1.82) is 0 Å². The fourth-order valence-corrected chi connectivity index (χ4v) is 1.88. The normalized spacial score (nSPS) is 13.7. The Morgan fingerprint density at radius 3 is 2.27 bits per heavy atom. The van der Waals surface area contributed by atoms with E-state index in [2.05, 4.69) is 0 Å². The van der Waals surface area contributed by atoms with Crippen molar-refractivity contribution in [3.63, 3.8) is 0 Å². The number of carbonyl (C=O) groups excluding carboxylic acids is 2. The van der Waals surface area contributed by atoms with Gasteiger partial charge in [0.1, 0.15) is 0 Å². The number of carboxylic acid groups (broad SMARTS) is 1. The molecule has 0 aliphatic heterocycles. The number of unbranched alkanes of at least 4 members (excludes halogenated alkanes) is 1. The molecule has 0 heterocycles.